The predicted molar refractivity (Wildman–Crippen MR) is 134 cm³/mol. The van der Waals surface area contributed by atoms with Gasteiger partial charge in [-0.3, -0.25) is 4.79 Å². The second-order valence-corrected chi connectivity index (χ2v) is 8.61. The molecule has 2 heterocycles. The Bertz CT molecular complexity index is 1180. The van der Waals surface area contributed by atoms with Crippen molar-refractivity contribution in [3.05, 3.63) is 108 Å². The number of carbonyl (C=O) groups excluding carboxylic acids is 1. The summed E-state index contributed by atoms with van der Waals surface area (Å²) in [5.41, 5.74) is 2.03. The van der Waals surface area contributed by atoms with Crippen LogP contribution in [0.2, 0.25) is 0 Å². The topological polar surface area (TPSA) is 65.1 Å². The van der Waals surface area contributed by atoms with E-state index >= 15 is 0 Å². The fourth-order valence-electron chi connectivity index (χ4n) is 4.15. The maximum Gasteiger partial charge on any atom is 0.289 e. The van der Waals surface area contributed by atoms with Gasteiger partial charge in [0.15, 0.2) is 5.76 Å². The minimum absolute atomic E-state index is 0.0742. The van der Waals surface area contributed by atoms with Crippen LogP contribution < -0.4 is 9.47 Å². The van der Waals surface area contributed by atoms with Crippen LogP contribution in [0.15, 0.2) is 94.2 Å². The van der Waals surface area contributed by atoms with Crippen LogP contribution in [0.5, 0.6) is 11.5 Å². The van der Waals surface area contributed by atoms with Gasteiger partial charge in [0, 0.05) is 24.6 Å². The molecule has 1 unspecified atom stereocenters. The zero-order valence-corrected chi connectivity index (χ0v) is 20.3. The SMILES string of the molecule is COc1ccccc1C(CCN(Cc1ccc(OC(C)C)cc1)C(=O)c1ccco1)c1ccco1. The van der Waals surface area contributed by atoms with Gasteiger partial charge in [-0.25, -0.2) is 0 Å². The predicted octanol–water partition coefficient (Wildman–Crippen LogP) is 6.53. The highest BCUT2D eigenvalue weighted by molar-refractivity contribution is 5.91. The van der Waals surface area contributed by atoms with E-state index in [-0.39, 0.29) is 17.9 Å². The molecular formula is C29H31NO5. The number of benzene rings is 2. The quantitative estimate of drug-likeness (QED) is 0.248. The van der Waals surface area contributed by atoms with Crippen molar-refractivity contribution < 1.29 is 23.1 Å². The number of methoxy groups -OCH3 is 1. The molecule has 4 aromatic rings. The number of para-hydroxylation sites is 1. The van der Waals surface area contributed by atoms with Crippen LogP contribution in [-0.2, 0) is 6.54 Å². The lowest BCUT2D eigenvalue weighted by molar-refractivity contribution is 0.0706. The van der Waals surface area contributed by atoms with Crippen molar-refractivity contribution in [3.8, 4) is 11.5 Å². The number of ether oxygens (including phenoxy) is 2. The van der Waals surface area contributed by atoms with Gasteiger partial charge in [0.2, 0.25) is 0 Å². The molecule has 0 aliphatic heterocycles. The normalized spacial score (nSPS) is 11.9. The molecule has 0 fully saturated rings. The molecule has 0 saturated heterocycles. The first-order valence-corrected chi connectivity index (χ1v) is 11.8. The van der Waals surface area contributed by atoms with Gasteiger partial charge >= 0.3 is 0 Å². The molecule has 6 heteroatoms. The van der Waals surface area contributed by atoms with E-state index in [1.165, 1.54) is 6.26 Å². The van der Waals surface area contributed by atoms with Crippen LogP contribution in [0.4, 0.5) is 0 Å². The van der Waals surface area contributed by atoms with E-state index in [9.17, 15) is 4.79 Å². The molecule has 1 amide bonds. The third-order valence-corrected chi connectivity index (χ3v) is 5.78. The molecule has 6 nitrogen and oxygen atoms in total. The van der Waals surface area contributed by atoms with Crippen LogP contribution in [0.25, 0.3) is 0 Å². The van der Waals surface area contributed by atoms with Crippen LogP contribution >= 0.6 is 0 Å². The smallest absolute Gasteiger partial charge is 0.289 e. The van der Waals surface area contributed by atoms with E-state index in [0.29, 0.717) is 25.3 Å². The Morgan fingerprint density at radius 2 is 1.66 bits per heavy atom. The lowest BCUT2D eigenvalue weighted by atomic mass is 9.92. The summed E-state index contributed by atoms with van der Waals surface area (Å²) in [5, 5.41) is 0. The Balaban J connectivity index is 1.57. The maximum absolute atomic E-state index is 13.3. The zero-order valence-electron chi connectivity index (χ0n) is 20.3. The van der Waals surface area contributed by atoms with Crippen molar-refractivity contribution >= 4 is 5.91 Å². The summed E-state index contributed by atoms with van der Waals surface area (Å²) < 4.78 is 22.6. The molecule has 182 valence electrons. The number of amides is 1. The summed E-state index contributed by atoms with van der Waals surface area (Å²) in [5.74, 6) is 2.51. The third-order valence-electron chi connectivity index (χ3n) is 5.78. The van der Waals surface area contributed by atoms with Gasteiger partial charge in [-0.1, -0.05) is 30.3 Å². The van der Waals surface area contributed by atoms with E-state index in [0.717, 1.165) is 28.4 Å². The molecule has 0 radical (unpaired) electrons. The molecule has 4 rings (SSSR count). The van der Waals surface area contributed by atoms with E-state index in [4.69, 9.17) is 18.3 Å². The maximum atomic E-state index is 13.3. The Morgan fingerprint density at radius 1 is 0.914 bits per heavy atom. The largest absolute Gasteiger partial charge is 0.496 e. The summed E-state index contributed by atoms with van der Waals surface area (Å²) in [7, 11) is 1.66. The molecule has 0 aliphatic rings. The number of furan rings is 2. The first kappa shape index (κ1) is 24.2. The summed E-state index contributed by atoms with van der Waals surface area (Å²) >= 11 is 0. The van der Waals surface area contributed by atoms with E-state index in [1.807, 2.05) is 79.4 Å². The number of nitrogens with zero attached hydrogens (tertiary/aromatic N) is 1. The third kappa shape index (κ3) is 6.15. The van der Waals surface area contributed by atoms with Gasteiger partial charge in [0.25, 0.3) is 5.91 Å². The molecule has 0 saturated carbocycles. The van der Waals surface area contributed by atoms with Gasteiger partial charge in [-0.05, 0) is 68.3 Å². The van der Waals surface area contributed by atoms with Gasteiger partial charge in [-0.2, -0.15) is 0 Å². The van der Waals surface area contributed by atoms with Crippen LogP contribution in [0.1, 0.15) is 53.6 Å². The standard InChI is InChI=1S/C29H31NO5/c1-21(2)35-23-14-12-22(13-15-23)20-30(29(31)28-11-7-19-34-28)17-16-25(27-10-6-18-33-27)24-8-4-5-9-26(24)32-3/h4-15,18-19,21,25H,16-17,20H2,1-3H3. The van der Waals surface area contributed by atoms with E-state index in [2.05, 4.69) is 0 Å². The average molecular weight is 474 g/mol. The Labute approximate surface area is 206 Å². The van der Waals surface area contributed by atoms with E-state index < -0.39 is 0 Å². The highest BCUT2D eigenvalue weighted by Gasteiger charge is 2.25. The van der Waals surface area contributed by atoms with Crippen molar-refractivity contribution in [1.29, 1.82) is 0 Å². The van der Waals surface area contributed by atoms with Crippen molar-refractivity contribution in [1.82, 2.24) is 4.90 Å². The molecule has 0 bridgehead atoms. The lowest BCUT2D eigenvalue weighted by Gasteiger charge is -2.25. The molecule has 2 aromatic heterocycles. The molecule has 1 atom stereocenters. The second-order valence-electron chi connectivity index (χ2n) is 8.61. The first-order valence-electron chi connectivity index (χ1n) is 11.8. The van der Waals surface area contributed by atoms with E-state index in [1.54, 1.807) is 25.5 Å². The van der Waals surface area contributed by atoms with Gasteiger partial charge in [0.05, 0.1) is 25.7 Å². The average Bonchev–Trinajstić information content (AvgIpc) is 3.59. The van der Waals surface area contributed by atoms with Crippen molar-refractivity contribution in [3.63, 3.8) is 0 Å². The monoisotopic (exact) mass is 473 g/mol. The molecule has 0 aliphatic carbocycles. The highest BCUT2D eigenvalue weighted by Crippen LogP contribution is 2.35. The fraction of sp³-hybridized carbons (Fsp3) is 0.276. The van der Waals surface area contributed by atoms with Crippen LogP contribution in [0, 0.1) is 0 Å². The molecule has 0 N–H and O–H groups in total. The Hall–Kier alpha value is -3.93. The fourth-order valence-corrected chi connectivity index (χ4v) is 4.15. The minimum Gasteiger partial charge on any atom is -0.496 e. The number of rotatable bonds is 11. The second kappa shape index (κ2) is 11.5. The summed E-state index contributed by atoms with van der Waals surface area (Å²) in [6.45, 7) is 4.93. The Kier molecular flexibility index (Phi) is 7.93. The molecular weight excluding hydrogens is 442 g/mol. The van der Waals surface area contributed by atoms with Gasteiger partial charge in [0.1, 0.15) is 17.3 Å². The lowest BCUT2D eigenvalue weighted by Crippen LogP contribution is -2.32. The number of hydrogen-bond acceptors (Lipinski definition) is 5. The first-order chi connectivity index (χ1) is 17.0. The van der Waals surface area contributed by atoms with Crippen molar-refractivity contribution in [2.45, 2.75) is 38.8 Å². The Morgan fingerprint density at radius 3 is 2.31 bits per heavy atom. The summed E-state index contributed by atoms with van der Waals surface area (Å²) in [6.07, 6.45) is 3.94. The van der Waals surface area contributed by atoms with Crippen molar-refractivity contribution in [2.75, 3.05) is 13.7 Å². The van der Waals surface area contributed by atoms with Crippen LogP contribution in [-0.4, -0.2) is 30.6 Å². The van der Waals surface area contributed by atoms with Gasteiger partial charge < -0.3 is 23.2 Å². The zero-order chi connectivity index (χ0) is 24.6. The van der Waals surface area contributed by atoms with Crippen molar-refractivity contribution in [2.24, 2.45) is 0 Å². The molecule has 2 aromatic carbocycles. The van der Waals surface area contributed by atoms with Gasteiger partial charge in [-0.15, -0.1) is 0 Å². The minimum atomic E-state index is -0.157. The number of carbonyl (C=O) groups is 1. The summed E-state index contributed by atoms with van der Waals surface area (Å²) in [4.78, 5) is 15.1. The molecule has 0 spiro atoms. The number of hydrogen-bond donors (Lipinski definition) is 0. The highest BCUT2D eigenvalue weighted by atomic mass is 16.5. The van der Waals surface area contributed by atoms with Crippen LogP contribution in [0.3, 0.4) is 0 Å². The molecule has 35 heavy (non-hydrogen) atoms. The summed E-state index contributed by atoms with van der Waals surface area (Å²) in [6, 6.07) is 23.0.